The molecule has 7 heteroatoms. The van der Waals surface area contributed by atoms with Crippen LogP contribution in [0.5, 0.6) is 5.75 Å². The first-order chi connectivity index (χ1) is 10.6. The van der Waals surface area contributed by atoms with Crippen LogP contribution in [0.15, 0.2) is 12.1 Å². The average molecular weight is 332 g/mol. The molecule has 0 spiro atoms. The van der Waals surface area contributed by atoms with Crippen molar-refractivity contribution in [3.05, 3.63) is 29.1 Å². The summed E-state index contributed by atoms with van der Waals surface area (Å²) in [5.41, 5.74) is -2.56. The molecule has 1 aromatic carbocycles. The molecule has 23 heavy (non-hydrogen) atoms. The molecule has 2 heterocycles. The third kappa shape index (κ3) is 2.51. The van der Waals surface area contributed by atoms with Crippen LogP contribution in [0.3, 0.4) is 0 Å². The number of halogens is 4. The highest BCUT2D eigenvalue weighted by Gasteiger charge is 2.74. The minimum absolute atomic E-state index is 0.163. The fourth-order valence-electron chi connectivity index (χ4n) is 3.32. The van der Waals surface area contributed by atoms with Crippen LogP contribution in [-0.4, -0.2) is 30.8 Å². The molecule has 1 unspecified atom stereocenters. The van der Waals surface area contributed by atoms with Gasteiger partial charge in [-0.15, -0.1) is 0 Å². The average Bonchev–Trinajstić information content (AvgIpc) is 2.95. The summed E-state index contributed by atoms with van der Waals surface area (Å²) >= 11 is 0. The molecule has 0 saturated carbocycles. The number of aldehydes is 1. The van der Waals surface area contributed by atoms with E-state index in [0.717, 1.165) is 0 Å². The Morgan fingerprint density at radius 3 is 2.61 bits per heavy atom. The van der Waals surface area contributed by atoms with Gasteiger partial charge in [0.25, 0.3) is 0 Å². The Bertz CT molecular complexity index is 653. The molecule has 3 nitrogen and oxygen atoms in total. The Morgan fingerprint density at radius 1 is 1.35 bits per heavy atom. The van der Waals surface area contributed by atoms with Crippen molar-refractivity contribution in [3.63, 3.8) is 0 Å². The highest BCUT2D eigenvalue weighted by atomic mass is 19.4. The number of hydrogen-bond acceptors (Lipinski definition) is 3. The van der Waals surface area contributed by atoms with Gasteiger partial charge in [0.2, 0.25) is 0 Å². The maximum atomic E-state index is 13.8. The Balaban J connectivity index is 1.99. The van der Waals surface area contributed by atoms with Crippen molar-refractivity contribution in [2.75, 3.05) is 6.61 Å². The van der Waals surface area contributed by atoms with Gasteiger partial charge in [0.05, 0.1) is 6.61 Å². The Labute approximate surface area is 130 Å². The number of carbonyl (C=O) groups is 1. The van der Waals surface area contributed by atoms with Gasteiger partial charge in [0.1, 0.15) is 11.6 Å². The number of ether oxygens (including phenoxy) is 2. The molecule has 126 valence electrons. The molecule has 2 atom stereocenters. The van der Waals surface area contributed by atoms with Gasteiger partial charge in [-0.3, -0.25) is 0 Å². The second-order valence-electron chi connectivity index (χ2n) is 6.66. The molecular weight excluding hydrogens is 316 g/mol. The van der Waals surface area contributed by atoms with E-state index >= 15 is 0 Å². The molecule has 3 rings (SSSR count). The van der Waals surface area contributed by atoms with Gasteiger partial charge in [-0.25, -0.2) is 4.39 Å². The molecule has 2 aliphatic heterocycles. The largest absolute Gasteiger partial charge is 0.493 e. The van der Waals surface area contributed by atoms with Crippen LogP contribution in [0.1, 0.15) is 31.4 Å². The van der Waals surface area contributed by atoms with E-state index in [1.807, 2.05) is 0 Å². The Kier molecular flexibility index (Phi) is 3.48. The van der Waals surface area contributed by atoms with Crippen molar-refractivity contribution >= 4 is 6.29 Å². The second kappa shape index (κ2) is 4.93. The van der Waals surface area contributed by atoms with E-state index in [1.165, 1.54) is 12.1 Å². The summed E-state index contributed by atoms with van der Waals surface area (Å²) < 4.78 is 64.0. The highest BCUT2D eigenvalue weighted by molar-refractivity contribution is 5.64. The van der Waals surface area contributed by atoms with Gasteiger partial charge in [-0.2, -0.15) is 13.2 Å². The van der Waals surface area contributed by atoms with E-state index < -0.39 is 35.5 Å². The fourth-order valence-corrected chi connectivity index (χ4v) is 3.32. The summed E-state index contributed by atoms with van der Waals surface area (Å²) in [7, 11) is 0. The summed E-state index contributed by atoms with van der Waals surface area (Å²) in [6.07, 6.45) is -5.98. The Hall–Kier alpha value is -1.63. The number of alkyl halides is 3. The van der Waals surface area contributed by atoms with Gasteiger partial charge < -0.3 is 14.3 Å². The number of fused-ring (bicyclic) bond motifs is 1. The van der Waals surface area contributed by atoms with E-state index in [2.05, 4.69) is 0 Å². The van der Waals surface area contributed by atoms with Gasteiger partial charge in [-0.05, 0) is 24.0 Å². The fraction of sp³-hybridized carbons (Fsp3) is 0.562. The molecule has 0 radical (unpaired) electrons. The molecule has 0 bridgehead atoms. The van der Waals surface area contributed by atoms with Crippen LogP contribution in [0.2, 0.25) is 0 Å². The zero-order valence-electron chi connectivity index (χ0n) is 12.7. The third-order valence-electron chi connectivity index (χ3n) is 4.53. The van der Waals surface area contributed by atoms with Crippen molar-refractivity contribution in [2.45, 2.75) is 50.0 Å². The third-order valence-corrected chi connectivity index (χ3v) is 4.53. The first kappa shape index (κ1) is 16.2. The number of rotatable bonds is 4. The van der Waals surface area contributed by atoms with E-state index in [4.69, 9.17) is 9.47 Å². The molecule has 0 amide bonds. The molecule has 0 aromatic heterocycles. The zero-order valence-corrected chi connectivity index (χ0v) is 12.7. The number of benzene rings is 1. The van der Waals surface area contributed by atoms with E-state index in [1.54, 1.807) is 13.8 Å². The quantitative estimate of drug-likeness (QED) is 0.482. The van der Waals surface area contributed by atoms with Gasteiger partial charge in [-0.1, -0.05) is 13.8 Å². The SMILES string of the molecule is CC(C)(CC1(C(F)(F)F)O[C@@H]1C=O)c1cc(F)cc2c1OCC2. The molecule has 0 N–H and O–H groups in total. The molecule has 0 aliphatic carbocycles. The predicted octanol–water partition coefficient (Wildman–Crippen LogP) is 3.33. The molecular formula is C16H16F4O3. The van der Waals surface area contributed by atoms with E-state index in [0.29, 0.717) is 29.9 Å². The van der Waals surface area contributed by atoms with Gasteiger partial charge in [0.15, 0.2) is 18.0 Å². The normalized spacial score (nSPS) is 26.6. The molecule has 1 saturated heterocycles. The summed E-state index contributed by atoms with van der Waals surface area (Å²) in [5, 5.41) is 0. The standard InChI is InChI=1S/C16H16F4O3/c1-14(2,8-15(16(18,19)20)12(7-21)23-15)11-6-10(17)5-9-3-4-22-13(9)11/h5-7,12H,3-4,8H2,1-2H3/t12-,15?/m1/s1. The lowest BCUT2D eigenvalue weighted by Gasteiger charge is -2.31. The lowest BCUT2D eigenvalue weighted by molar-refractivity contribution is -0.189. The molecule has 1 aromatic rings. The lowest BCUT2D eigenvalue weighted by Crippen LogP contribution is -2.41. The summed E-state index contributed by atoms with van der Waals surface area (Å²) in [6.45, 7) is 3.52. The predicted molar refractivity (Wildman–Crippen MR) is 73.0 cm³/mol. The monoisotopic (exact) mass is 332 g/mol. The Morgan fingerprint density at radius 2 is 2.04 bits per heavy atom. The van der Waals surface area contributed by atoms with Crippen molar-refractivity contribution < 1.29 is 31.8 Å². The van der Waals surface area contributed by atoms with Gasteiger partial charge >= 0.3 is 6.18 Å². The summed E-state index contributed by atoms with van der Waals surface area (Å²) in [4.78, 5) is 10.8. The number of carbonyl (C=O) groups excluding carboxylic acids is 1. The zero-order chi connectivity index (χ0) is 17.0. The van der Waals surface area contributed by atoms with Crippen LogP contribution in [0.4, 0.5) is 17.6 Å². The maximum Gasteiger partial charge on any atom is 0.420 e. The van der Waals surface area contributed by atoms with Crippen LogP contribution < -0.4 is 4.74 Å². The van der Waals surface area contributed by atoms with Crippen molar-refractivity contribution in [1.82, 2.24) is 0 Å². The van der Waals surface area contributed by atoms with E-state index in [-0.39, 0.29) is 6.29 Å². The summed E-state index contributed by atoms with van der Waals surface area (Å²) in [5.74, 6) is -0.0703. The minimum Gasteiger partial charge on any atom is -0.493 e. The smallest absolute Gasteiger partial charge is 0.420 e. The van der Waals surface area contributed by atoms with Crippen molar-refractivity contribution in [3.8, 4) is 5.75 Å². The minimum atomic E-state index is -4.67. The first-order valence-electron chi connectivity index (χ1n) is 7.26. The topological polar surface area (TPSA) is 38.8 Å². The maximum absolute atomic E-state index is 13.8. The lowest BCUT2D eigenvalue weighted by atomic mass is 9.75. The van der Waals surface area contributed by atoms with Crippen LogP contribution >= 0.6 is 0 Å². The molecule has 2 aliphatic rings. The summed E-state index contributed by atoms with van der Waals surface area (Å²) in [6, 6.07) is 2.54. The van der Waals surface area contributed by atoms with Crippen LogP contribution in [0, 0.1) is 5.82 Å². The van der Waals surface area contributed by atoms with Gasteiger partial charge in [0, 0.05) is 17.5 Å². The van der Waals surface area contributed by atoms with Crippen molar-refractivity contribution in [1.29, 1.82) is 0 Å². The van der Waals surface area contributed by atoms with Crippen molar-refractivity contribution in [2.24, 2.45) is 0 Å². The first-order valence-corrected chi connectivity index (χ1v) is 7.26. The second-order valence-corrected chi connectivity index (χ2v) is 6.66. The van der Waals surface area contributed by atoms with Crippen LogP contribution in [-0.2, 0) is 21.4 Å². The highest BCUT2D eigenvalue weighted by Crippen LogP contribution is 2.56. The number of hydrogen-bond donors (Lipinski definition) is 0. The van der Waals surface area contributed by atoms with Crippen LogP contribution in [0.25, 0.3) is 0 Å². The molecule has 1 fully saturated rings. The number of epoxide rings is 1. The van der Waals surface area contributed by atoms with E-state index in [9.17, 15) is 22.4 Å².